The maximum atomic E-state index is 14.0. The molecule has 0 spiro atoms. The van der Waals surface area contributed by atoms with Crippen LogP contribution in [0.4, 0.5) is 5.69 Å². The van der Waals surface area contributed by atoms with Gasteiger partial charge in [-0.1, -0.05) is 90.6 Å². The van der Waals surface area contributed by atoms with Crippen LogP contribution in [-0.4, -0.2) is 50.0 Å². The summed E-state index contributed by atoms with van der Waals surface area (Å²) in [5, 5.41) is 4.07. The van der Waals surface area contributed by atoms with E-state index >= 15 is 0 Å². The van der Waals surface area contributed by atoms with Gasteiger partial charge in [0.15, 0.2) is 0 Å². The Balaban J connectivity index is 1.60. The van der Waals surface area contributed by atoms with Gasteiger partial charge in [0.1, 0.15) is 6.04 Å². The first kappa shape index (κ1) is 31.9. The minimum absolute atomic E-state index is 0.0477. The molecule has 1 aliphatic rings. The Bertz CT molecular complexity index is 1450. The predicted octanol–water partition coefficient (Wildman–Crippen LogP) is 6.24. The zero-order valence-corrected chi connectivity index (χ0v) is 26.0. The fourth-order valence-corrected chi connectivity index (χ4v) is 6.79. The quantitative estimate of drug-likeness (QED) is 0.242. The number of halogens is 2. The molecule has 1 aliphatic carbocycles. The number of para-hydroxylation sites is 1. The fraction of sp³-hybridized carbons (Fsp3) is 0.375. The van der Waals surface area contributed by atoms with Crippen LogP contribution in [-0.2, 0) is 32.6 Å². The summed E-state index contributed by atoms with van der Waals surface area (Å²) in [5.74, 6) is -0.462. The predicted molar refractivity (Wildman–Crippen MR) is 169 cm³/mol. The maximum absolute atomic E-state index is 14.0. The third-order valence-electron chi connectivity index (χ3n) is 7.52. The van der Waals surface area contributed by atoms with Crippen LogP contribution < -0.4 is 9.62 Å². The summed E-state index contributed by atoms with van der Waals surface area (Å²) in [5.41, 5.74) is 2.13. The first-order valence-corrected chi connectivity index (χ1v) is 16.8. The highest BCUT2D eigenvalue weighted by atomic mass is 35.5. The number of sulfonamides is 1. The Morgan fingerprint density at radius 2 is 1.60 bits per heavy atom. The van der Waals surface area contributed by atoms with E-state index in [1.54, 1.807) is 47.4 Å². The number of amides is 2. The van der Waals surface area contributed by atoms with Gasteiger partial charge >= 0.3 is 0 Å². The molecule has 0 bridgehead atoms. The van der Waals surface area contributed by atoms with Gasteiger partial charge in [0.2, 0.25) is 21.8 Å². The summed E-state index contributed by atoms with van der Waals surface area (Å²) in [7, 11) is -3.56. The molecule has 7 nitrogen and oxygen atoms in total. The van der Waals surface area contributed by atoms with E-state index in [9.17, 15) is 18.0 Å². The smallest absolute Gasteiger partial charge is 0.243 e. The number of hydrogen-bond donors (Lipinski definition) is 1. The van der Waals surface area contributed by atoms with E-state index < -0.39 is 16.1 Å². The highest BCUT2D eigenvalue weighted by Crippen LogP contribution is 2.26. The van der Waals surface area contributed by atoms with E-state index in [4.69, 9.17) is 23.2 Å². The highest BCUT2D eigenvalue weighted by Gasteiger charge is 2.32. The van der Waals surface area contributed by atoms with Crippen LogP contribution in [0.2, 0.25) is 10.0 Å². The van der Waals surface area contributed by atoms with Gasteiger partial charge < -0.3 is 10.2 Å². The molecule has 224 valence electrons. The number of hydrogen-bond acceptors (Lipinski definition) is 4. The highest BCUT2D eigenvalue weighted by molar-refractivity contribution is 7.92. The lowest BCUT2D eigenvalue weighted by Gasteiger charge is -2.33. The van der Waals surface area contributed by atoms with E-state index in [0.29, 0.717) is 27.7 Å². The molecular formula is C32H37Cl2N3O4S. The largest absolute Gasteiger partial charge is 0.352 e. The number of rotatable bonds is 13. The first-order chi connectivity index (χ1) is 20.1. The Morgan fingerprint density at radius 1 is 0.952 bits per heavy atom. The second-order valence-corrected chi connectivity index (χ2v) is 13.5. The summed E-state index contributed by atoms with van der Waals surface area (Å²) >= 11 is 12.7. The number of nitrogens with one attached hydrogen (secondary N) is 1. The van der Waals surface area contributed by atoms with Gasteiger partial charge in [0, 0.05) is 42.0 Å². The second kappa shape index (κ2) is 14.9. The van der Waals surface area contributed by atoms with Crippen molar-refractivity contribution < 1.29 is 18.0 Å². The van der Waals surface area contributed by atoms with Crippen molar-refractivity contribution in [1.82, 2.24) is 10.2 Å². The Kier molecular flexibility index (Phi) is 11.3. The number of carbonyl (C=O) groups is 2. The van der Waals surface area contributed by atoms with E-state index in [-0.39, 0.29) is 43.8 Å². The lowest BCUT2D eigenvalue weighted by atomic mass is 10.0. The molecule has 0 saturated heterocycles. The van der Waals surface area contributed by atoms with Crippen LogP contribution in [0.5, 0.6) is 0 Å². The lowest BCUT2D eigenvalue weighted by Crippen LogP contribution is -2.52. The third-order valence-corrected chi connectivity index (χ3v) is 9.31. The number of anilines is 1. The first-order valence-electron chi connectivity index (χ1n) is 14.2. The molecule has 0 aliphatic heterocycles. The molecule has 0 radical (unpaired) electrons. The Hall–Kier alpha value is -3.07. The maximum Gasteiger partial charge on any atom is 0.243 e. The number of benzene rings is 3. The normalized spacial score (nSPS) is 14.4. The van der Waals surface area contributed by atoms with Gasteiger partial charge in [0.25, 0.3) is 0 Å². The zero-order chi connectivity index (χ0) is 30.1. The number of nitrogens with zero attached hydrogens (tertiary/aromatic N) is 2. The van der Waals surface area contributed by atoms with Gasteiger partial charge in [-0.25, -0.2) is 8.42 Å². The van der Waals surface area contributed by atoms with Crippen molar-refractivity contribution in [1.29, 1.82) is 0 Å². The van der Waals surface area contributed by atoms with Crippen molar-refractivity contribution in [2.45, 2.75) is 63.6 Å². The van der Waals surface area contributed by atoms with Crippen molar-refractivity contribution >= 4 is 50.7 Å². The summed E-state index contributed by atoms with van der Waals surface area (Å²) in [6, 6.07) is 22.8. The van der Waals surface area contributed by atoms with Gasteiger partial charge in [-0.15, -0.1) is 0 Å². The van der Waals surface area contributed by atoms with Crippen molar-refractivity contribution in [2.24, 2.45) is 0 Å². The molecule has 3 aromatic carbocycles. The summed E-state index contributed by atoms with van der Waals surface area (Å²) in [4.78, 5) is 29.4. The van der Waals surface area contributed by atoms with Crippen molar-refractivity contribution in [3.63, 3.8) is 0 Å². The van der Waals surface area contributed by atoms with Crippen molar-refractivity contribution in [3.05, 3.63) is 100 Å². The molecular weight excluding hydrogens is 593 g/mol. The van der Waals surface area contributed by atoms with E-state index in [1.807, 2.05) is 36.4 Å². The molecule has 42 heavy (non-hydrogen) atoms. The van der Waals surface area contributed by atoms with E-state index in [2.05, 4.69) is 5.32 Å². The van der Waals surface area contributed by atoms with Crippen molar-refractivity contribution in [3.8, 4) is 0 Å². The van der Waals surface area contributed by atoms with Crippen molar-refractivity contribution in [2.75, 3.05) is 17.1 Å². The SMILES string of the molecule is CS(=O)(=O)N(CCCC(=O)N(Cc1ccc(Cl)cc1Cl)[C@H](Cc1ccccc1)C(=O)NC1CCCC1)c1ccccc1. The van der Waals surface area contributed by atoms with Crippen LogP contribution in [0.1, 0.15) is 49.7 Å². The average Bonchev–Trinajstić information content (AvgIpc) is 3.47. The molecule has 0 aromatic heterocycles. The molecule has 2 amide bonds. The Labute approximate surface area is 258 Å². The van der Waals surface area contributed by atoms with Crippen LogP contribution in [0.15, 0.2) is 78.9 Å². The minimum Gasteiger partial charge on any atom is -0.352 e. The number of carbonyl (C=O) groups excluding carboxylic acids is 2. The second-order valence-electron chi connectivity index (χ2n) is 10.7. The summed E-state index contributed by atoms with van der Waals surface area (Å²) < 4.78 is 26.4. The fourth-order valence-electron chi connectivity index (χ4n) is 5.35. The monoisotopic (exact) mass is 629 g/mol. The van der Waals surface area contributed by atoms with Crippen LogP contribution >= 0.6 is 23.2 Å². The zero-order valence-electron chi connectivity index (χ0n) is 23.7. The van der Waals surface area contributed by atoms with Gasteiger partial charge in [0.05, 0.1) is 11.9 Å². The van der Waals surface area contributed by atoms with Crippen LogP contribution in [0, 0.1) is 0 Å². The van der Waals surface area contributed by atoms with Crippen LogP contribution in [0.25, 0.3) is 0 Å². The van der Waals surface area contributed by atoms with Crippen LogP contribution in [0.3, 0.4) is 0 Å². The van der Waals surface area contributed by atoms with Gasteiger partial charge in [-0.3, -0.25) is 13.9 Å². The topological polar surface area (TPSA) is 86.8 Å². The minimum atomic E-state index is -3.56. The van der Waals surface area contributed by atoms with E-state index in [0.717, 1.165) is 37.5 Å². The molecule has 3 aromatic rings. The van der Waals surface area contributed by atoms with Gasteiger partial charge in [-0.2, -0.15) is 0 Å². The molecule has 4 rings (SSSR count). The lowest BCUT2D eigenvalue weighted by molar-refractivity contribution is -0.141. The molecule has 1 fully saturated rings. The third kappa shape index (κ3) is 8.96. The summed E-state index contributed by atoms with van der Waals surface area (Å²) in [6.45, 7) is 0.237. The molecule has 0 heterocycles. The standard InChI is InChI=1S/C32H37Cl2N3O4S/c1-42(40,41)37(28-15-6-3-7-16-28)20-10-17-31(38)36(23-25-18-19-26(33)22-29(25)34)30(21-24-11-4-2-5-12-24)32(39)35-27-13-8-9-14-27/h2-7,11-12,15-16,18-19,22,27,30H,8-10,13-14,17,20-21,23H2,1H3,(H,35,39)/t30-/m1/s1. The van der Waals surface area contributed by atoms with Gasteiger partial charge in [-0.05, 0) is 54.7 Å². The molecule has 10 heteroatoms. The molecule has 1 atom stereocenters. The molecule has 1 N–H and O–H groups in total. The summed E-state index contributed by atoms with van der Waals surface area (Å²) in [6.07, 6.45) is 5.77. The molecule has 0 unspecified atom stereocenters. The van der Waals surface area contributed by atoms with E-state index in [1.165, 1.54) is 4.31 Å². The Morgan fingerprint density at radius 3 is 2.21 bits per heavy atom. The molecule has 1 saturated carbocycles. The average molecular weight is 631 g/mol.